The van der Waals surface area contributed by atoms with E-state index < -0.39 is 5.92 Å². The number of Topliss-reactive ketones (excluding diaryl/α,β-unsaturated/α-hetero) is 1. The van der Waals surface area contributed by atoms with Crippen molar-refractivity contribution in [1.29, 1.82) is 5.26 Å². The first-order chi connectivity index (χ1) is 12.4. The highest BCUT2D eigenvalue weighted by molar-refractivity contribution is 6.32. The lowest BCUT2D eigenvalue weighted by molar-refractivity contribution is -0.121. The number of hydrogen-bond donors (Lipinski definition) is 0. The molecular formula is C20H18ClN3O2. The van der Waals surface area contributed by atoms with Gasteiger partial charge in [-0.2, -0.15) is 5.26 Å². The molecule has 3 aromatic rings. The van der Waals surface area contributed by atoms with Crippen molar-refractivity contribution < 1.29 is 9.53 Å². The van der Waals surface area contributed by atoms with Crippen molar-refractivity contribution in [3.8, 4) is 11.8 Å². The Balaban J connectivity index is 1.81. The van der Waals surface area contributed by atoms with E-state index in [9.17, 15) is 10.1 Å². The Hall–Kier alpha value is -2.84. The zero-order valence-corrected chi connectivity index (χ0v) is 15.5. The summed E-state index contributed by atoms with van der Waals surface area (Å²) in [4.78, 5) is 17.0. The van der Waals surface area contributed by atoms with Crippen molar-refractivity contribution in [2.75, 3.05) is 6.61 Å². The van der Waals surface area contributed by atoms with Gasteiger partial charge in [-0.15, -0.1) is 0 Å². The molecule has 6 heteroatoms. The van der Waals surface area contributed by atoms with Crippen molar-refractivity contribution in [2.24, 2.45) is 7.05 Å². The Bertz CT molecular complexity index is 1010. The molecule has 0 saturated heterocycles. The normalized spacial score (nSPS) is 12.0. The molecule has 0 amide bonds. The molecule has 0 bridgehead atoms. The Labute approximate surface area is 156 Å². The largest absolute Gasteiger partial charge is 0.486 e. The third-order valence-electron chi connectivity index (χ3n) is 4.32. The summed E-state index contributed by atoms with van der Waals surface area (Å²) in [5.74, 6) is -0.344. The summed E-state index contributed by atoms with van der Waals surface area (Å²) in [6.07, 6.45) is 0. The average molecular weight is 368 g/mol. The number of benzene rings is 2. The van der Waals surface area contributed by atoms with E-state index in [1.54, 1.807) is 23.7 Å². The van der Waals surface area contributed by atoms with Gasteiger partial charge in [0.05, 0.1) is 17.1 Å². The van der Waals surface area contributed by atoms with Crippen molar-refractivity contribution in [3.63, 3.8) is 0 Å². The van der Waals surface area contributed by atoms with Gasteiger partial charge in [-0.25, -0.2) is 4.98 Å². The number of aromatic nitrogens is 2. The molecule has 0 radical (unpaired) electrons. The third kappa shape index (κ3) is 3.29. The minimum Gasteiger partial charge on any atom is -0.486 e. The number of hydrogen-bond acceptors (Lipinski definition) is 4. The molecule has 132 valence electrons. The van der Waals surface area contributed by atoms with Crippen LogP contribution in [0.3, 0.4) is 0 Å². The third-order valence-corrected chi connectivity index (χ3v) is 4.92. The van der Waals surface area contributed by atoms with Crippen LogP contribution in [-0.2, 0) is 11.8 Å². The van der Waals surface area contributed by atoms with Crippen molar-refractivity contribution in [3.05, 3.63) is 58.4 Å². The van der Waals surface area contributed by atoms with Crippen LogP contribution in [0.5, 0.6) is 5.75 Å². The van der Waals surface area contributed by atoms with Crippen LogP contribution in [0.2, 0.25) is 5.02 Å². The number of carbonyl (C=O) groups excluding carboxylic acids is 1. The lowest BCUT2D eigenvalue weighted by Crippen LogP contribution is -2.21. The van der Waals surface area contributed by atoms with Crippen LogP contribution in [0.15, 0.2) is 36.4 Å². The molecule has 5 nitrogen and oxygen atoms in total. The fourth-order valence-electron chi connectivity index (χ4n) is 2.92. The van der Waals surface area contributed by atoms with Gasteiger partial charge in [-0.05, 0) is 49.2 Å². The number of halogens is 1. The van der Waals surface area contributed by atoms with E-state index >= 15 is 0 Å². The van der Waals surface area contributed by atoms with E-state index in [4.69, 9.17) is 16.3 Å². The monoisotopic (exact) mass is 367 g/mol. The predicted molar refractivity (Wildman–Crippen MR) is 100 cm³/mol. The lowest BCUT2D eigenvalue weighted by atomic mass is 10.1. The van der Waals surface area contributed by atoms with E-state index in [0.717, 1.165) is 22.2 Å². The van der Waals surface area contributed by atoms with Gasteiger partial charge in [0.15, 0.2) is 11.7 Å². The summed E-state index contributed by atoms with van der Waals surface area (Å²) in [6.45, 7) is 3.55. The molecule has 0 aliphatic rings. The van der Waals surface area contributed by atoms with Crippen LogP contribution in [0.25, 0.3) is 11.0 Å². The standard InChI is InChI=1S/C20H18ClN3O2/c1-12-8-14(9-13(2)19(12)21)26-11-18(25)15(10-22)20-23-16-6-4-5-7-17(16)24(20)3/h4-9,15H,11H2,1-3H3. The molecule has 1 unspecified atom stereocenters. The number of ether oxygens (including phenoxy) is 1. The number of carbonyl (C=O) groups is 1. The molecule has 26 heavy (non-hydrogen) atoms. The second kappa shape index (κ2) is 7.19. The second-order valence-corrected chi connectivity index (χ2v) is 6.58. The highest BCUT2D eigenvalue weighted by atomic mass is 35.5. The molecule has 0 fully saturated rings. The van der Waals surface area contributed by atoms with Crippen LogP contribution >= 0.6 is 11.6 Å². The molecule has 1 heterocycles. The lowest BCUT2D eigenvalue weighted by Gasteiger charge is -2.12. The van der Waals surface area contributed by atoms with Gasteiger partial charge in [-0.3, -0.25) is 4.79 Å². The van der Waals surface area contributed by atoms with Gasteiger partial charge < -0.3 is 9.30 Å². The topological polar surface area (TPSA) is 67.9 Å². The van der Waals surface area contributed by atoms with Gasteiger partial charge in [0.25, 0.3) is 0 Å². The van der Waals surface area contributed by atoms with Crippen molar-refractivity contribution in [1.82, 2.24) is 9.55 Å². The predicted octanol–water partition coefficient (Wildman–Crippen LogP) is 4.10. The number of nitriles is 1. The first kappa shape index (κ1) is 18.0. The maximum Gasteiger partial charge on any atom is 0.194 e. The molecule has 0 aliphatic carbocycles. The number of imidazole rings is 1. The second-order valence-electron chi connectivity index (χ2n) is 6.21. The fraction of sp³-hybridized carbons (Fsp3) is 0.250. The molecule has 3 rings (SSSR count). The Kier molecular flexibility index (Phi) is 4.97. The smallest absolute Gasteiger partial charge is 0.194 e. The van der Waals surface area contributed by atoms with Crippen LogP contribution < -0.4 is 4.74 Å². The molecule has 0 N–H and O–H groups in total. The highest BCUT2D eigenvalue weighted by Gasteiger charge is 2.26. The van der Waals surface area contributed by atoms with Gasteiger partial charge in [-0.1, -0.05) is 23.7 Å². The van der Waals surface area contributed by atoms with Crippen LogP contribution in [-0.4, -0.2) is 21.9 Å². The van der Waals surface area contributed by atoms with E-state index in [2.05, 4.69) is 11.1 Å². The molecular weight excluding hydrogens is 350 g/mol. The summed E-state index contributed by atoms with van der Waals surface area (Å²) in [5.41, 5.74) is 3.38. The van der Waals surface area contributed by atoms with E-state index in [1.807, 2.05) is 38.1 Å². The molecule has 0 aliphatic heterocycles. The minimum atomic E-state index is -0.984. The molecule has 1 atom stereocenters. The van der Waals surface area contributed by atoms with Crippen LogP contribution in [0.1, 0.15) is 22.9 Å². The maximum atomic E-state index is 12.6. The van der Waals surface area contributed by atoms with Gasteiger partial charge in [0.1, 0.15) is 18.2 Å². The van der Waals surface area contributed by atoms with Gasteiger partial charge in [0.2, 0.25) is 0 Å². The quantitative estimate of drug-likeness (QED) is 0.680. The summed E-state index contributed by atoms with van der Waals surface area (Å²) < 4.78 is 7.38. The Morgan fingerprint density at radius 2 is 1.96 bits per heavy atom. The van der Waals surface area contributed by atoms with Gasteiger partial charge >= 0.3 is 0 Å². The number of fused-ring (bicyclic) bond motifs is 1. The number of para-hydroxylation sites is 2. The van der Waals surface area contributed by atoms with E-state index in [1.165, 1.54) is 0 Å². The minimum absolute atomic E-state index is 0.206. The molecule has 0 saturated carbocycles. The molecule has 0 spiro atoms. The zero-order valence-electron chi connectivity index (χ0n) is 14.8. The van der Waals surface area contributed by atoms with Crippen molar-refractivity contribution in [2.45, 2.75) is 19.8 Å². The fourth-order valence-corrected chi connectivity index (χ4v) is 3.03. The SMILES string of the molecule is Cc1cc(OCC(=O)C(C#N)c2nc3ccccc3n2C)cc(C)c1Cl. The summed E-state index contributed by atoms with van der Waals surface area (Å²) in [6, 6.07) is 13.1. The van der Waals surface area contributed by atoms with E-state index in [0.29, 0.717) is 16.6 Å². The number of ketones is 1. The average Bonchev–Trinajstić information content (AvgIpc) is 2.95. The van der Waals surface area contributed by atoms with Gasteiger partial charge in [0, 0.05) is 12.1 Å². The first-order valence-electron chi connectivity index (χ1n) is 8.15. The number of nitrogens with zero attached hydrogens (tertiary/aromatic N) is 3. The summed E-state index contributed by atoms with van der Waals surface area (Å²) >= 11 is 6.14. The van der Waals surface area contributed by atoms with E-state index in [-0.39, 0.29) is 12.4 Å². The highest BCUT2D eigenvalue weighted by Crippen LogP contribution is 2.26. The Morgan fingerprint density at radius 3 is 2.58 bits per heavy atom. The zero-order chi connectivity index (χ0) is 18.8. The summed E-state index contributed by atoms with van der Waals surface area (Å²) in [5, 5.41) is 10.2. The number of aryl methyl sites for hydroxylation is 3. The van der Waals surface area contributed by atoms with Crippen LogP contribution in [0, 0.1) is 25.2 Å². The summed E-state index contributed by atoms with van der Waals surface area (Å²) in [7, 11) is 1.80. The maximum absolute atomic E-state index is 12.6. The molecule has 1 aromatic heterocycles. The van der Waals surface area contributed by atoms with Crippen LogP contribution in [0.4, 0.5) is 0 Å². The van der Waals surface area contributed by atoms with Crippen molar-refractivity contribution >= 4 is 28.4 Å². The first-order valence-corrected chi connectivity index (χ1v) is 8.53. The Morgan fingerprint density at radius 1 is 1.31 bits per heavy atom. The molecule has 2 aromatic carbocycles. The number of rotatable bonds is 5.